The lowest BCUT2D eigenvalue weighted by Gasteiger charge is -2.44. The van der Waals surface area contributed by atoms with Gasteiger partial charge in [0, 0.05) is 0 Å². The zero-order valence-corrected chi connectivity index (χ0v) is 10.7. The summed E-state index contributed by atoms with van der Waals surface area (Å²) < 4.78 is 0. The molecule has 1 aliphatic heterocycles. The fraction of sp³-hybridized carbons (Fsp3) is 0.500. The molecule has 92 valence electrons. The van der Waals surface area contributed by atoms with Gasteiger partial charge >= 0.3 is 0 Å². The van der Waals surface area contributed by atoms with Gasteiger partial charge in [0.1, 0.15) is 0 Å². The number of aryl methyl sites for hydroxylation is 2. The molecule has 1 fully saturated rings. The summed E-state index contributed by atoms with van der Waals surface area (Å²) in [5, 5.41) is 9.60. The van der Waals surface area contributed by atoms with E-state index >= 15 is 0 Å². The third kappa shape index (κ3) is 2.67. The van der Waals surface area contributed by atoms with Crippen molar-refractivity contribution in [1.29, 1.82) is 0 Å². The molecule has 1 saturated heterocycles. The Morgan fingerprint density at radius 2 is 2.06 bits per heavy atom. The summed E-state index contributed by atoms with van der Waals surface area (Å²) in [6.07, 6.45) is 0.434. The van der Waals surface area contributed by atoms with E-state index in [-0.39, 0.29) is 5.91 Å². The first-order valence-electron chi connectivity index (χ1n) is 5.94. The van der Waals surface area contributed by atoms with Crippen molar-refractivity contribution in [3.8, 4) is 0 Å². The van der Waals surface area contributed by atoms with Gasteiger partial charge < -0.3 is 10.0 Å². The summed E-state index contributed by atoms with van der Waals surface area (Å²) >= 11 is 0. The van der Waals surface area contributed by atoms with E-state index in [0.29, 0.717) is 19.5 Å². The van der Waals surface area contributed by atoms with Crippen LogP contribution in [0.15, 0.2) is 18.2 Å². The molecule has 0 radical (unpaired) electrons. The molecule has 0 saturated carbocycles. The van der Waals surface area contributed by atoms with E-state index in [0.717, 1.165) is 11.1 Å². The summed E-state index contributed by atoms with van der Waals surface area (Å²) in [6, 6.07) is 6.16. The number of β-amino-alcohol motifs (C(OH)–C–C–N with tert-alkyl or cyclic N) is 1. The van der Waals surface area contributed by atoms with Gasteiger partial charge in [0.2, 0.25) is 5.91 Å². The predicted molar refractivity (Wildman–Crippen MR) is 66.8 cm³/mol. The minimum absolute atomic E-state index is 0.102. The first-order chi connectivity index (χ1) is 7.87. The second kappa shape index (κ2) is 4.15. The van der Waals surface area contributed by atoms with Crippen molar-refractivity contribution < 1.29 is 9.90 Å². The number of carbonyl (C=O) groups is 1. The zero-order valence-electron chi connectivity index (χ0n) is 10.7. The maximum absolute atomic E-state index is 12.0. The van der Waals surface area contributed by atoms with Crippen LogP contribution in [0.3, 0.4) is 0 Å². The number of likely N-dealkylation sites (tertiary alicyclic amines) is 1. The van der Waals surface area contributed by atoms with Crippen molar-refractivity contribution in [3.05, 3.63) is 34.9 Å². The van der Waals surface area contributed by atoms with Gasteiger partial charge in [-0.2, -0.15) is 0 Å². The Balaban J connectivity index is 2.02. The third-order valence-corrected chi connectivity index (χ3v) is 3.26. The van der Waals surface area contributed by atoms with Gasteiger partial charge in [-0.05, 0) is 31.9 Å². The predicted octanol–water partition coefficient (Wildman–Crippen LogP) is 1.44. The average Bonchev–Trinajstić information content (AvgIpc) is 2.20. The topological polar surface area (TPSA) is 40.5 Å². The van der Waals surface area contributed by atoms with Gasteiger partial charge in [0.15, 0.2) is 0 Å². The van der Waals surface area contributed by atoms with Crippen LogP contribution in [0.2, 0.25) is 0 Å². The number of aliphatic hydroxyl groups is 1. The van der Waals surface area contributed by atoms with Crippen molar-refractivity contribution >= 4 is 5.91 Å². The van der Waals surface area contributed by atoms with Gasteiger partial charge in [-0.1, -0.05) is 23.8 Å². The lowest BCUT2D eigenvalue weighted by atomic mass is 9.95. The molecule has 3 nitrogen and oxygen atoms in total. The number of benzene rings is 1. The van der Waals surface area contributed by atoms with Crippen molar-refractivity contribution in [2.24, 2.45) is 0 Å². The molecular formula is C14H19NO2. The lowest BCUT2D eigenvalue weighted by Crippen LogP contribution is -2.62. The van der Waals surface area contributed by atoms with Crippen LogP contribution in [0.1, 0.15) is 23.6 Å². The fourth-order valence-corrected chi connectivity index (χ4v) is 2.22. The number of amides is 1. The summed E-state index contributed by atoms with van der Waals surface area (Å²) in [5.41, 5.74) is 2.73. The quantitative estimate of drug-likeness (QED) is 0.839. The van der Waals surface area contributed by atoms with Crippen LogP contribution in [0, 0.1) is 13.8 Å². The van der Waals surface area contributed by atoms with E-state index in [1.54, 1.807) is 11.8 Å². The monoisotopic (exact) mass is 233 g/mol. The number of hydrogen-bond acceptors (Lipinski definition) is 2. The molecule has 1 N–H and O–H groups in total. The van der Waals surface area contributed by atoms with Crippen molar-refractivity contribution in [2.45, 2.75) is 32.8 Å². The second-order valence-corrected chi connectivity index (χ2v) is 5.35. The summed E-state index contributed by atoms with van der Waals surface area (Å²) in [7, 11) is 0. The molecule has 1 aromatic carbocycles. The fourth-order valence-electron chi connectivity index (χ4n) is 2.22. The first-order valence-corrected chi connectivity index (χ1v) is 5.94. The molecule has 0 aromatic heterocycles. The van der Waals surface area contributed by atoms with E-state index in [4.69, 9.17) is 0 Å². The summed E-state index contributed by atoms with van der Waals surface area (Å²) in [4.78, 5) is 13.7. The number of rotatable bonds is 2. The molecule has 2 rings (SSSR count). The van der Waals surface area contributed by atoms with E-state index in [9.17, 15) is 9.90 Å². The Bertz CT molecular complexity index is 444. The Morgan fingerprint density at radius 3 is 2.65 bits per heavy atom. The summed E-state index contributed by atoms with van der Waals surface area (Å²) in [6.45, 7) is 6.72. The Morgan fingerprint density at radius 1 is 1.41 bits per heavy atom. The van der Waals surface area contributed by atoms with Crippen LogP contribution in [-0.4, -0.2) is 34.6 Å². The van der Waals surface area contributed by atoms with Gasteiger partial charge in [-0.25, -0.2) is 0 Å². The van der Waals surface area contributed by atoms with Crippen LogP contribution < -0.4 is 0 Å². The molecular weight excluding hydrogens is 214 g/mol. The van der Waals surface area contributed by atoms with Gasteiger partial charge in [-0.3, -0.25) is 4.79 Å². The van der Waals surface area contributed by atoms with Crippen LogP contribution in [0.4, 0.5) is 0 Å². The maximum atomic E-state index is 12.0. The second-order valence-electron chi connectivity index (χ2n) is 5.35. The molecule has 17 heavy (non-hydrogen) atoms. The highest BCUT2D eigenvalue weighted by molar-refractivity contribution is 5.80. The smallest absolute Gasteiger partial charge is 0.227 e. The maximum Gasteiger partial charge on any atom is 0.227 e. The highest BCUT2D eigenvalue weighted by atomic mass is 16.3. The van der Waals surface area contributed by atoms with E-state index in [1.807, 2.05) is 19.9 Å². The van der Waals surface area contributed by atoms with Crippen LogP contribution in [0.5, 0.6) is 0 Å². The van der Waals surface area contributed by atoms with Gasteiger partial charge in [0.25, 0.3) is 0 Å². The Kier molecular flexibility index (Phi) is 2.96. The standard InChI is InChI=1S/C14H19NO2/c1-10-4-5-11(2)12(6-10)7-13(16)15-8-14(3,17)9-15/h4-6,17H,7-9H2,1-3H3. The average molecular weight is 233 g/mol. The first kappa shape index (κ1) is 12.1. The third-order valence-electron chi connectivity index (χ3n) is 3.26. The summed E-state index contributed by atoms with van der Waals surface area (Å²) in [5.74, 6) is 0.102. The van der Waals surface area contributed by atoms with E-state index in [1.165, 1.54) is 5.56 Å². The Hall–Kier alpha value is -1.35. The number of hydrogen-bond donors (Lipinski definition) is 1. The van der Waals surface area contributed by atoms with Crippen LogP contribution in [0.25, 0.3) is 0 Å². The molecule has 1 heterocycles. The van der Waals surface area contributed by atoms with Crippen LogP contribution >= 0.6 is 0 Å². The largest absolute Gasteiger partial charge is 0.386 e. The highest BCUT2D eigenvalue weighted by Crippen LogP contribution is 2.21. The highest BCUT2D eigenvalue weighted by Gasteiger charge is 2.39. The minimum atomic E-state index is -0.683. The molecule has 1 amide bonds. The molecule has 0 bridgehead atoms. The van der Waals surface area contributed by atoms with Gasteiger partial charge in [0.05, 0.1) is 25.1 Å². The molecule has 0 atom stereocenters. The zero-order chi connectivity index (χ0) is 12.6. The molecule has 0 spiro atoms. The number of carbonyl (C=O) groups excluding carboxylic acids is 1. The van der Waals surface area contributed by atoms with Crippen molar-refractivity contribution in [1.82, 2.24) is 4.90 Å². The Labute approximate surface area is 102 Å². The lowest BCUT2D eigenvalue weighted by molar-refractivity contribution is -0.151. The molecule has 0 unspecified atom stereocenters. The molecule has 0 aliphatic carbocycles. The molecule has 1 aliphatic rings. The SMILES string of the molecule is Cc1ccc(C)c(CC(=O)N2CC(C)(O)C2)c1. The van der Waals surface area contributed by atoms with Gasteiger partial charge in [-0.15, -0.1) is 0 Å². The minimum Gasteiger partial charge on any atom is -0.386 e. The molecule has 3 heteroatoms. The molecule has 1 aromatic rings. The van der Waals surface area contributed by atoms with E-state index < -0.39 is 5.60 Å². The normalized spacial score (nSPS) is 17.8. The van der Waals surface area contributed by atoms with Crippen molar-refractivity contribution in [3.63, 3.8) is 0 Å². The number of nitrogens with zero attached hydrogens (tertiary/aromatic N) is 1. The van der Waals surface area contributed by atoms with Crippen LogP contribution in [-0.2, 0) is 11.2 Å². The van der Waals surface area contributed by atoms with Crippen molar-refractivity contribution in [2.75, 3.05) is 13.1 Å². The van der Waals surface area contributed by atoms with E-state index in [2.05, 4.69) is 12.1 Å².